The van der Waals surface area contributed by atoms with Crippen LogP contribution in [0.25, 0.3) is 0 Å². The zero-order valence-corrected chi connectivity index (χ0v) is 12.1. The Kier molecular flexibility index (Phi) is 5.05. The smallest absolute Gasteiger partial charge is 0.317 e. The third-order valence-electron chi connectivity index (χ3n) is 4.17. The van der Waals surface area contributed by atoms with Gasteiger partial charge in [0, 0.05) is 40.0 Å². The van der Waals surface area contributed by atoms with Crippen molar-refractivity contribution in [1.82, 2.24) is 10.2 Å². The zero-order chi connectivity index (χ0) is 13.7. The highest BCUT2D eigenvalue weighted by Gasteiger charge is 2.30. The highest BCUT2D eigenvalue weighted by atomic mass is 16.5. The lowest BCUT2D eigenvalue weighted by atomic mass is 9.82. The second kappa shape index (κ2) is 6.57. The molecule has 2 saturated heterocycles. The number of nitrogens with one attached hydrogen (secondary N) is 1. The monoisotopic (exact) mass is 270 g/mol. The van der Waals surface area contributed by atoms with E-state index in [0.29, 0.717) is 6.54 Å². The average Bonchev–Trinajstić information content (AvgIpc) is 2.89. The third kappa shape index (κ3) is 4.35. The molecule has 2 fully saturated rings. The van der Waals surface area contributed by atoms with Gasteiger partial charge in [-0.3, -0.25) is 0 Å². The molecule has 110 valence electrons. The van der Waals surface area contributed by atoms with Gasteiger partial charge in [0.1, 0.15) is 0 Å². The highest BCUT2D eigenvalue weighted by molar-refractivity contribution is 5.73. The van der Waals surface area contributed by atoms with E-state index in [1.165, 1.54) is 0 Å². The van der Waals surface area contributed by atoms with Crippen LogP contribution in [-0.4, -0.2) is 57.0 Å². The second-order valence-electron chi connectivity index (χ2n) is 6.10. The molecule has 0 saturated carbocycles. The van der Waals surface area contributed by atoms with E-state index in [1.54, 1.807) is 4.90 Å². The Morgan fingerprint density at radius 1 is 1.37 bits per heavy atom. The number of amides is 2. The Bertz CT molecular complexity index is 297. The maximum absolute atomic E-state index is 12.0. The first-order chi connectivity index (χ1) is 9.09. The van der Waals surface area contributed by atoms with Gasteiger partial charge in [-0.2, -0.15) is 0 Å². The van der Waals surface area contributed by atoms with Gasteiger partial charge in [0.15, 0.2) is 0 Å². The number of hydrogen-bond donors (Lipinski definition) is 1. The van der Waals surface area contributed by atoms with Crippen LogP contribution in [0.15, 0.2) is 0 Å². The number of hydrogen-bond acceptors (Lipinski definition) is 3. The molecule has 0 bridgehead atoms. The molecule has 1 atom stereocenters. The number of urea groups is 1. The van der Waals surface area contributed by atoms with Crippen LogP contribution >= 0.6 is 0 Å². The third-order valence-corrected chi connectivity index (χ3v) is 4.17. The van der Waals surface area contributed by atoms with Crippen molar-refractivity contribution in [2.75, 3.05) is 40.0 Å². The number of nitrogens with zero attached hydrogens (tertiary/aromatic N) is 1. The van der Waals surface area contributed by atoms with Crippen LogP contribution in [0.5, 0.6) is 0 Å². The minimum atomic E-state index is 0.00298. The SMILES string of the molecule is CN(CC1(C)CCOCC1)C(=O)NCC1CCCO1. The predicted molar refractivity (Wildman–Crippen MR) is 73.2 cm³/mol. The molecule has 5 heteroatoms. The van der Waals surface area contributed by atoms with E-state index in [1.807, 2.05) is 7.05 Å². The molecule has 0 aliphatic carbocycles. The van der Waals surface area contributed by atoms with Gasteiger partial charge >= 0.3 is 6.03 Å². The first kappa shape index (κ1) is 14.6. The molecule has 0 radical (unpaired) electrons. The summed E-state index contributed by atoms with van der Waals surface area (Å²) in [6, 6.07) is 0.00298. The van der Waals surface area contributed by atoms with Crippen LogP contribution in [0.1, 0.15) is 32.6 Å². The highest BCUT2D eigenvalue weighted by Crippen LogP contribution is 2.30. The summed E-state index contributed by atoms with van der Waals surface area (Å²) in [5, 5.41) is 2.96. The Labute approximate surface area is 115 Å². The van der Waals surface area contributed by atoms with Crippen molar-refractivity contribution in [2.45, 2.75) is 38.7 Å². The lowest BCUT2D eigenvalue weighted by Gasteiger charge is -2.36. The van der Waals surface area contributed by atoms with E-state index in [2.05, 4.69) is 12.2 Å². The molecule has 0 aromatic carbocycles. The molecule has 0 aromatic rings. The number of carbonyl (C=O) groups excluding carboxylic acids is 1. The molecule has 0 aromatic heterocycles. The molecule has 1 N–H and O–H groups in total. The quantitative estimate of drug-likeness (QED) is 0.844. The van der Waals surface area contributed by atoms with Gasteiger partial charge in [0.05, 0.1) is 6.10 Å². The van der Waals surface area contributed by atoms with Crippen LogP contribution in [-0.2, 0) is 9.47 Å². The molecule has 5 nitrogen and oxygen atoms in total. The lowest BCUT2D eigenvalue weighted by Crippen LogP contribution is -2.46. The molecule has 2 aliphatic heterocycles. The van der Waals surface area contributed by atoms with E-state index < -0.39 is 0 Å². The summed E-state index contributed by atoms with van der Waals surface area (Å²) in [6.45, 7) is 6.09. The maximum atomic E-state index is 12.0. The van der Waals surface area contributed by atoms with E-state index in [4.69, 9.17) is 9.47 Å². The lowest BCUT2D eigenvalue weighted by molar-refractivity contribution is 0.0132. The predicted octanol–water partition coefficient (Wildman–Crippen LogP) is 1.62. The second-order valence-corrected chi connectivity index (χ2v) is 6.10. The fourth-order valence-corrected chi connectivity index (χ4v) is 2.81. The Morgan fingerprint density at radius 3 is 2.74 bits per heavy atom. The summed E-state index contributed by atoms with van der Waals surface area (Å²) in [7, 11) is 1.87. The topological polar surface area (TPSA) is 50.8 Å². The van der Waals surface area contributed by atoms with Crippen molar-refractivity contribution < 1.29 is 14.3 Å². The minimum absolute atomic E-state index is 0.00298. The van der Waals surface area contributed by atoms with Gasteiger partial charge in [-0.25, -0.2) is 4.79 Å². The molecule has 19 heavy (non-hydrogen) atoms. The Hall–Kier alpha value is -0.810. The normalized spacial score (nSPS) is 26.1. The first-order valence-corrected chi connectivity index (χ1v) is 7.27. The Balaban J connectivity index is 1.71. The van der Waals surface area contributed by atoms with Gasteiger partial charge in [-0.15, -0.1) is 0 Å². The fourth-order valence-electron chi connectivity index (χ4n) is 2.81. The number of ether oxygens (including phenoxy) is 2. The largest absolute Gasteiger partial charge is 0.381 e. The van der Waals surface area contributed by atoms with E-state index >= 15 is 0 Å². The summed E-state index contributed by atoms with van der Waals surface area (Å²) >= 11 is 0. The van der Waals surface area contributed by atoms with Crippen molar-refractivity contribution in [3.8, 4) is 0 Å². The molecule has 2 aliphatic rings. The van der Waals surface area contributed by atoms with E-state index in [9.17, 15) is 4.79 Å². The van der Waals surface area contributed by atoms with Gasteiger partial charge in [0.25, 0.3) is 0 Å². The summed E-state index contributed by atoms with van der Waals surface area (Å²) in [5.41, 5.74) is 0.189. The van der Waals surface area contributed by atoms with Gasteiger partial charge in [-0.05, 0) is 31.1 Å². The number of rotatable bonds is 4. The van der Waals surface area contributed by atoms with Crippen molar-refractivity contribution >= 4 is 6.03 Å². The molecule has 2 rings (SSSR count). The summed E-state index contributed by atoms with van der Waals surface area (Å²) in [4.78, 5) is 13.8. The molecule has 2 amide bonds. The van der Waals surface area contributed by atoms with Crippen molar-refractivity contribution in [2.24, 2.45) is 5.41 Å². The van der Waals surface area contributed by atoms with Gasteiger partial charge in [0.2, 0.25) is 0 Å². The van der Waals surface area contributed by atoms with Crippen LogP contribution in [0.4, 0.5) is 4.79 Å². The molecular weight excluding hydrogens is 244 g/mol. The van der Waals surface area contributed by atoms with Crippen molar-refractivity contribution in [3.63, 3.8) is 0 Å². The number of carbonyl (C=O) groups is 1. The molecule has 1 unspecified atom stereocenters. The van der Waals surface area contributed by atoms with Crippen LogP contribution in [0.3, 0.4) is 0 Å². The van der Waals surface area contributed by atoms with Crippen molar-refractivity contribution in [1.29, 1.82) is 0 Å². The van der Waals surface area contributed by atoms with Gasteiger partial charge in [-0.1, -0.05) is 6.92 Å². The van der Waals surface area contributed by atoms with Crippen molar-refractivity contribution in [3.05, 3.63) is 0 Å². The van der Waals surface area contributed by atoms with Gasteiger partial charge < -0.3 is 19.7 Å². The summed E-state index contributed by atoms with van der Waals surface area (Å²) in [6.07, 6.45) is 4.41. The molecular formula is C14H26N2O3. The molecule has 2 heterocycles. The van der Waals surface area contributed by atoms with Crippen LogP contribution in [0.2, 0.25) is 0 Å². The summed E-state index contributed by atoms with van der Waals surface area (Å²) < 4.78 is 10.9. The summed E-state index contributed by atoms with van der Waals surface area (Å²) in [5.74, 6) is 0. The zero-order valence-electron chi connectivity index (χ0n) is 12.1. The van der Waals surface area contributed by atoms with E-state index in [-0.39, 0.29) is 17.6 Å². The average molecular weight is 270 g/mol. The van der Waals surface area contributed by atoms with Crippen LogP contribution in [0, 0.1) is 5.41 Å². The van der Waals surface area contributed by atoms with E-state index in [0.717, 1.165) is 52.0 Å². The van der Waals surface area contributed by atoms with Crippen LogP contribution < -0.4 is 5.32 Å². The maximum Gasteiger partial charge on any atom is 0.317 e. The standard InChI is InChI=1S/C14H26N2O3/c1-14(5-8-18-9-6-14)11-16(2)13(17)15-10-12-4-3-7-19-12/h12H,3-11H2,1-2H3,(H,15,17). The minimum Gasteiger partial charge on any atom is -0.381 e. The Morgan fingerprint density at radius 2 is 2.11 bits per heavy atom. The fraction of sp³-hybridized carbons (Fsp3) is 0.929. The molecule has 0 spiro atoms. The first-order valence-electron chi connectivity index (χ1n) is 7.27.